The average Bonchev–Trinajstić information content (AvgIpc) is 2.85. The van der Waals surface area contributed by atoms with E-state index < -0.39 is 0 Å². The third-order valence-corrected chi connectivity index (χ3v) is 4.66. The van der Waals surface area contributed by atoms with Gasteiger partial charge in [0.25, 0.3) is 0 Å². The molecule has 0 fully saturated rings. The summed E-state index contributed by atoms with van der Waals surface area (Å²) < 4.78 is 14.6. The number of aliphatic hydroxyl groups excluding tert-OH is 1. The van der Waals surface area contributed by atoms with Gasteiger partial charge in [0.2, 0.25) is 0 Å². The van der Waals surface area contributed by atoms with Gasteiger partial charge in [0.05, 0.1) is 12.2 Å². The number of hydrogen-bond donors (Lipinski definition) is 1. The van der Waals surface area contributed by atoms with Crippen molar-refractivity contribution >= 4 is 23.1 Å². The van der Waals surface area contributed by atoms with E-state index in [-0.39, 0.29) is 12.4 Å². The molecule has 1 N–H and O–H groups in total. The van der Waals surface area contributed by atoms with E-state index in [2.05, 4.69) is 16.8 Å². The lowest BCUT2D eigenvalue weighted by Gasteiger charge is -2.01. The minimum Gasteiger partial charge on any atom is -0.395 e. The van der Waals surface area contributed by atoms with Gasteiger partial charge < -0.3 is 5.11 Å². The first kappa shape index (κ1) is 15.0. The summed E-state index contributed by atoms with van der Waals surface area (Å²) in [4.78, 5) is 4.38. The van der Waals surface area contributed by atoms with Gasteiger partial charge in [-0.3, -0.25) is 0 Å². The Labute approximate surface area is 126 Å². The van der Waals surface area contributed by atoms with E-state index in [1.54, 1.807) is 35.2 Å². The second kappa shape index (κ2) is 7.44. The van der Waals surface area contributed by atoms with Crippen molar-refractivity contribution in [3.8, 4) is 11.8 Å². The number of halogens is 1. The van der Waals surface area contributed by atoms with Crippen LogP contribution in [0.2, 0.25) is 0 Å². The largest absolute Gasteiger partial charge is 0.395 e. The van der Waals surface area contributed by atoms with Crippen molar-refractivity contribution in [2.75, 3.05) is 6.61 Å². The van der Waals surface area contributed by atoms with E-state index in [1.807, 2.05) is 12.3 Å². The first-order valence-electron chi connectivity index (χ1n) is 6.12. The number of aromatic nitrogens is 1. The number of nitrogens with zero attached hydrogens (tertiary/aromatic N) is 1. The Morgan fingerprint density at radius 2 is 2.30 bits per heavy atom. The Morgan fingerprint density at radius 1 is 1.45 bits per heavy atom. The number of benzene rings is 1. The summed E-state index contributed by atoms with van der Waals surface area (Å²) in [6.45, 7) is 1.96. The van der Waals surface area contributed by atoms with Crippen molar-refractivity contribution in [3.63, 3.8) is 0 Å². The normalized spacial score (nSPS) is 10.2. The SMILES string of the molecule is Cc1csc(SCc2ccc(F)c(C#CCCO)c2)n1. The van der Waals surface area contributed by atoms with Crippen molar-refractivity contribution < 1.29 is 9.50 Å². The molecule has 2 rings (SSSR count). The van der Waals surface area contributed by atoms with Crippen molar-refractivity contribution in [2.24, 2.45) is 0 Å². The summed E-state index contributed by atoms with van der Waals surface area (Å²) in [5.41, 5.74) is 2.41. The lowest BCUT2D eigenvalue weighted by molar-refractivity contribution is 0.305. The van der Waals surface area contributed by atoms with E-state index in [4.69, 9.17) is 5.11 Å². The number of thioether (sulfide) groups is 1. The molecule has 0 bridgehead atoms. The number of thiazole rings is 1. The second-order valence-electron chi connectivity index (χ2n) is 4.13. The van der Waals surface area contributed by atoms with Crippen LogP contribution in [0.25, 0.3) is 0 Å². The van der Waals surface area contributed by atoms with E-state index in [0.717, 1.165) is 21.3 Å². The second-order valence-corrected chi connectivity index (χ2v) is 6.21. The molecule has 1 aromatic heterocycles. The summed E-state index contributed by atoms with van der Waals surface area (Å²) in [5, 5.41) is 10.7. The number of rotatable bonds is 4. The molecular formula is C15H14FNOS2. The first-order valence-corrected chi connectivity index (χ1v) is 7.98. The van der Waals surface area contributed by atoms with Crippen molar-refractivity contribution in [3.05, 3.63) is 46.2 Å². The van der Waals surface area contributed by atoms with Crippen LogP contribution >= 0.6 is 23.1 Å². The lowest BCUT2D eigenvalue weighted by Crippen LogP contribution is -1.88. The van der Waals surface area contributed by atoms with Gasteiger partial charge in [0.15, 0.2) is 0 Å². The smallest absolute Gasteiger partial charge is 0.150 e. The maximum atomic E-state index is 13.6. The molecule has 20 heavy (non-hydrogen) atoms. The number of aryl methyl sites for hydroxylation is 1. The quantitative estimate of drug-likeness (QED) is 0.692. The highest BCUT2D eigenvalue weighted by molar-refractivity contribution is 8.00. The zero-order chi connectivity index (χ0) is 14.4. The monoisotopic (exact) mass is 307 g/mol. The third kappa shape index (κ3) is 4.34. The van der Waals surface area contributed by atoms with Crippen molar-refractivity contribution in [2.45, 2.75) is 23.4 Å². The Kier molecular flexibility index (Phi) is 5.60. The maximum absolute atomic E-state index is 13.6. The topological polar surface area (TPSA) is 33.1 Å². The van der Waals surface area contributed by atoms with Gasteiger partial charge in [-0.1, -0.05) is 29.7 Å². The molecule has 2 aromatic rings. The summed E-state index contributed by atoms with van der Waals surface area (Å²) >= 11 is 3.25. The molecule has 0 saturated carbocycles. The van der Waals surface area contributed by atoms with Crippen LogP contribution in [0.1, 0.15) is 23.2 Å². The molecule has 1 aromatic carbocycles. The summed E-state index contributed by atoms with van der Waals surface area (Å²) in [7, 11) is 0. The maximum Gasteiger partial charge on any atom is 0.150 e. The summed E-state index contributed by atoms with van der Waals surface area (Å²) in [6, 6.07) is 4.96. The molecule has 5 heteroatoms. The molecule has 0 aliphatic heterocycles. The molecule has 0 aliphatic rings. The number of hydrogen-bond acceptors (Lipinski definition) is 4. The van der Waals surface area contributed by atoms with Gasteiger partial charge in [-0.2, -0.15) is 0 Å². The predicted octanol–water partition coefficient (Wildman–Crippen LogP) is 3.62. The molecule has 0 unspecified atom stereocenters. The standard InChI is InChI=1S/C15H14FNOS2/c1-11-9-19-15(17-11)20-10-12-5-6-14(16)13(8-12)4-2-3-7-18/h5-6,8-9,18H,3,7,10H2,1H3. The minimum absolute atomic E-state index is 0.00639. The Morgan fingerprint density at radius 3 is 3.00 bits per heavy atom. The molecule has 0 atom stereocenters. The van der Waals surface area contributed by atoms with Crippen LogP contribution < -0.4 is 0 Å². The van der Waals surface area contributed by atoms with Gasteiger partial charge in [-0.15, -0.1) is 11.3 Å². The van der Waals surface area contributed by atoms with Crippen LogP contribution in [-0.2, 0) is 5.75 Å². The molecular weight excluding hydrogens is 293 g/mol. The fraction of sp³-hybridized carbons (Fsp3) is 0.267. The van der Waals surface area contributed by atoms with Gasteiger partial charge in [0.1, 0.15) is 10.2 Å². The third-order valence-electron chi connectivity index (χ3n) is 2.45. The fourth-order valence-electron chi connectivity index (χ4n) is 1.52. The minimum atomic E-state index is -0.325. The van der Waals surface area contributed by atoms with Crippen molar-refractivity contribution in [1.82, 2.24) is 4.98 Å². The van der Waals surface area contributed by atoms with Crippen LogP contribution in [0.4, 0.5) is 4.39 Å². The van der Waals surface area contributed by atoms with Crippen molar-refractivity contribution in [1.29, 1.82) is 0 Å². The molecule has 2 nitrogen and oxygen atoms in total. The van der Waals surface area contributed by atoms with Crippen LogP contribution in [0.5, 0.6) is 0 Å². The first-order chi connectivity index (χ1) is 9.69. The zero-order valence-electron chi connectivity index (χ0n) is 11.0. The van der Waals surface area contributed by atoms with Gasteiger partial charge in [-0.05, 0) is 24.6 Å². The van der Waals surface area contributed by atoms with Crippen LogP contribution in [0.3, 0.4) is 0 Å². The molecule has 0 saturated heterocycles. The molecule has 0 radical (unpaired) electrons. The lowest BCUT2D eigenvalue weighted by atomic mass is 10.1. The number of aliphatic hydroxyl groups is 1. The molecule has 1 heterocycles. The van der Waals surface area contributed by atoms with Crippen LogP contribution in [0, 0.1) is 24.6 Å². The zero-order valence-corrected chi connectivity index (χ0v) is 12.7. The van der Waals surface area contributed by atoms with E-state index in [0.29, 0.717) is 12.0 Å². The average molecular weight is 307 g/mol. The van der Waals surface area contributed by atoms with Crippen LogP contribution in [-0.4, -0.2) is 16.7 Å². The summed E-state index contributed by atoms with van der Waals surface area (Å²) in [6.07, 6.45) is 0.358. The van der Waals surface area contributed by atoms with Gasteiger partial charge in [0, 0.05) is 23.2 Å². The Bertz CT molecular complexity index is 643. The molecule has 0 aliphatic carbocycles. The van der Waals surface area contributed by atoms with Gasteiger partial charge >= 0.3 is 0 Å². The fourth-order valence-corrected chi connectivity index (χ4v) is 3.31. The van der Waals surface area contributed by atoms with Gasteiger partial charge in [-0.25, -0.2) is 9.37 Å². The predicted molar refractivity (Wildman–Crippen MR) is 81.4 cm³/mol. The van der Waals surface area contributed by atoms with E-state index >= 15 is 0 Å². The highest BCUT2D eigenvalue weighted by Crippen LogP contribution is 2.26. The van der Waals surface area contributed by atoms with E-state index in [9.17, 15) is 4.39 Å². The molecule has 0 amide bonds. The molecule has 0 spiro atoms. The highest BCUT2D eigenvalue weighted by atomic mass is 32.2. The molecule has 104 valence electrons. The van der Waals surface area contributed by atoms with Crippen LogP contribution in [0.15, 0.2) is 27.9 Å². The highest BCUT2D eigenvalue weighted by Gasteiger charge is 2.04. The Hall–Kier alpha value is -1.35. The van der Waals surface area contributed by atoms with E-state index in [1.165, 1.54) is 6.07 Å². The Balaban J connectivity index is 2.05. The summed E-state index contributed by atoms with van der Waals surface area (Å²) in [5.74, 6) is 5.90.